The molecule has 1 aliphatic heterocycles. The molecule has 2 rings (SSSR count). The Hall–Kier alpha value is -0.340. The molecule has 14 heavy (non-hydrogen) atoms. The molecule has 0 radical (unpaired) electrons. The highest BCUT2D eigenvalue weighted by Gasteiger charge is 2.46. The fraction of sp³-hybridized carbons (Fsp3) is 0.833. The summed E-state index contributed by atoms with van der Waals surface area (Å²) in [5.74, 6) is 0. The lowest BCUT2D eigenvalue weighted by Crippen LogP contribution is -2.53. The molecule has 1 unspecified atom stereocenters. The van der Waals surface area contributed by atoms with E-state index in [0.29, 0.717) is 11.5 Å². The highest BCUT2D eigenvalue weighted by molar-refractivity contribution is 5.29. The summed E-state index contributed by atoms with van der Waals surface area (Å²) in [7, 11) is 0. The fourth-order valence-electron chi connectivity index (χ4n) is 3.16. The molecular weight excluding hydrogens is 172 g/mol. The number of hydrogen-bond donors (Lipinski definition) is 2. The summed E-state index contributed by atoms with van der Waals surface area (Å²) >= 11 is 0. The van der Waals surface area contributed by atoms with Crippen LogP contribution in [0.5, 0.6) is 0 Å². The van der Waals surface area contributed by atoms with Crippen molar-refractivity contribution >= 4 is 0 Å². The summed E-state index contributed by atoms with van der Waals surface area (Å²) in [5, 5.41) is 3.46. The predicted molar refractivity (Wildman–Crippen MR) is 60.1 cm³/mol. The zero-order valence-corrected chi connectivity index (χ0v) is 9.56. The van der Waals surface area contributed by atoms with Crippen LogP contribution >= 0.6 is 0 Å². The van der Waals surface area contributed by atoms with E-state index in [0.717, 1.165) is 19.5 Å². The minimum Gasteiger partial charge on any atom is -0.327 e. The van der Waals surface area contributed by atoms with Gasteiger partial charge in [0.1, 0.15) is 0 Å². The summed E-state index contributed by atoms with van der Waals surface area (Å²) in [4.78, 5) is 0. The average Bonchev–Trinajstić information content (AvgIpc) is 2.13. The Labute approximate surface area is 86.9 Å². The number of rotatable bonds is 0. The van der Waals surface area contributed by atoms with Gasteiger partial charge in [-0.3, -0.25) is 0 Å². The number of fused-ring (bicyclic) bond motifs is 1. The molecule has 2 heteroatoms. The molecule has 0 aromatic rings. The third-order valence-electron chi connectivity index (χ3n) is 4.24. The number of hydrogen-bond acceptors (Lipinski definition) is 2. The molecule has 0 bridgehead atoms. The van der Waals surface area contributed by atoms with Gasteiger partial charge >= 0.3 is 0 Å². The zero-order chi connectivity index (χ0) is 10.4. The van der Waals surface area contributed by atoms with E-state index >= 15 is 0 Å². The van der Waals surface area contributed by atoms with Gasteiger partial charge in [-0.1, -0.05) is 32.4 Å². The van der Waals surface area contributed by atoms with Crippen LogP contribution in [0.3, 0.4) is 0 Å². The first-order valence-corrected chi connectivity index (χ1v) is 5.64. The van der Waals surface area contributed by atoms with Gasteiger partial charge in [-0.15, -0.1) is 0 Å². The van der Waals surface area contributed by atoms with Crippen LogP contribution in [0.2, 0.25) is 0 Å². The van der Waals surface area contributed by atoms with Crippen molar-refractivity contribution in [3.8, 4) is 0 Å². The molecule has 0 amide bonds. The quantitative estimate of drug-likeness (QED) is 0.576. The first kappa shape index (κ1) is 10.2. The van der Waals surface area contributed by atoms with E-state index in [1.807, 2.05) is 0 Å². The molecule has 1 fully saturated rings. The first-order chi connectivity index (χ1) is 6.47. The van der Waals surface area contributed by atoms with Crippen LogP contribution in [0.25, 0.3) is 0 Å². The fourth-order valence-corrected chi connectivity index (χ4v) is 3.16. The predicted octanol–water partition coefficient (Wildman–Crippen LogP) is 1.67. The van der Waals surface area contributed by atoms with Crippen molar-refractivity contribution in [1.82, 2.24) is 5.32 Å². The number of nitrogens with one attached hydrogen (secondary N) is 1. The Morgan fingerprint density at radius 1 is 1.43 bits per heavy atom. The van der Waals surface area contributed by atoms with Gasteiger partial charge in [0.05, 0.1) is 0 Å². The van der Waals surface area contributed by atoms with E-state index in [-0.39, 0.29) is 5.41 Å². The maximum Gasteiger partial charge on any atom is 0.0138 e. The summed E-state index contributed by atoms with van der Waals surface area (Å²) in [5.41, 5.74) is 8.35. The van der Waals surface area contributed by atoms with Gasteiger partial charge < -0.3 is 11.1 Å². The van der Waals surface area contributed by atoms with Crippen molar-refractivity contribution in [2.45, 2.75) is 39.7 Å². The van der Waals surface area contributed by atoms with Crippen molar-refractivity contribution in [2.75, 3.05) is 13.1 Å². The standard InChI is InChI=1S/C12H22N2/c1-11(2)9-5-7-14-8-12(9,3)6-4-10(11)13/h5,10,14H,4,6-8,13H2,1-3H3/t10?,12-/m1/s1. The molecule has 0 aromatic carbocycles. The van der Waals surface area contributed by atoms with Crippen LogP contribution < -0.4 is 11.1 Å². The van der Waals surface area contributed by atoms with Crippen LogP contribution in [0.4, 0.5) is 0 Å². The van der Waals surface area contributed by atoms with Crippen LogP contribution in [-0.2, 0) is 0 Å². The van der Waals surface area contributed by atoms with E-state index in [1.54, 1.807) is 5.57 Å². The minimum atomic E-state index is 0.190. The molecule has 1 saturated carbocycles. The third-order valence-corrected chi connectivity index (χ3v) is 4.24. The average molecular weight is 194 g/mol. The Bertz CT molecular complexity index is 267. The molecular formula is C12H22N2. The van der Waals surface area contributed by atoms with Gasteiger partial charge in [0.15, 0.2) is 0 Å². The van der Waals surface area contributed by atoms with Crippen molar-refractivity contribution in [1.29, 1.82) is 0 Å². The molecule has 1 aliphatic carbocycles. The topological polar surface area (TPSA) is 38.0 Å². The lowest BCUT2D eigenvalue weighted by atomic mass is 9.57. The normalized spacial score (nSPS) is 41.4. The van der Waals surface area contributed by atoms with Crippen molar-refractivity contribution in [3.63, 3.8) is 0 Å². The van der Waals surface area contributed by atoms with Crippen LogP contribution in [0.1, 0.15) is 33.6 Å². The van der Waals surface area contributed by atoms with Crippen molar-refractivity contribution in [2.24, 2.45) is 16.6 Å². The third kappa shape index (κ3) is 1.32. The van der Waals surface area contributed by atoms with Crippen molar-refractivity contribution < 1.29 is 0 Å². The Morgan fingerprint density at radius 3 is 2.86 bits per heavy atom. The largest absolute Gasteiger partial charge is 0.327 e. The molecule has 80 valence electrons. The molecule has 2 atom stereocenters. The van der Waals surface area contributed by atoms with Crippen LogP contribution in [-0.4, -0.2) is 19.1 Å². The number of nitrogens with two attached hydrogens (primary N) is 1. The lowest BCUT2D eigenvalue weighted by molar-refractivity contribution is 0.159. The molecule has 2 nitrogen and oxygen atoms in total. The van der Waals surface area contributed by atoms with E-state index in [1.165, 1.54) is 6.42 Å². The van der Waals surface area contributed by atoms with E-state index < -0.39 is 0 Å². The SMILES string of the molecule is CC1(C)C2=CCNC[C@@]2(C)CCC1N. The second-order valence-electron chi connectivity index (χ2n) is 5.68. The summed E-state index contributed by atoms with van der Waals surface area (Å²) in [6, 6.07) is 0.333. The second kappa shape index (κ2) is 3.07. The molecule has 0 saturated heterocycles. The molecule has 0 aromatic heterocycles. The van der Waals surface area contributed by atoms with Gasteiger partial charge in [-0.2, -0.15) is 0 Å². The molecule has 0 spiro atoms. The second-order valence-corrected chi connectivity index (χ2v) is 5.68. The highest BCUT2D eigenvalue weighted by Crippen LogP contribution is 2.50. The first-order valence-electron chi connectivity index (χ1n) is 5.64. The monoisotopic (exact) mass is 194 g/mol. The smallest absolute Gasteiger partial charge is 0.0138 e. The highest BCUT2D eigenvalue weighted by atomic mass is 14.9. The van der Waals surface area contributed by atoms with Gasteiger partial charge in [-0.25, -0.2) is 0 Å². The summed E-state index contributed by atoms with van der Waals surface area (Å²) < 4.78 is 0. The van der Waals surface area contributed by atoms with Gasteiger partial charge in [-0.05, 0) is 12.8 Å². The lowest BCUT2D eigenvalue weighted by Gasteiger charge is -2.51. The Balaban J connectivity index is 2.39. The minimum absolute atomic E-state index is 0.190. The van der Waals surface area contributed by atoms with Gasteiger partial charge in [0, 0.05) is 30.0 Å². The van der Waals surface area contributed by atoms with Gasteiger partial charge in [0.2, 0.25) is 0 Å². The van der Waals surface area contributed by atoms with Crippen molar-refractivity contribution in [3.05, 3.63) is 11.6 Å². The maximum absolute atomic E-state index is 6.22. The van der Waals surface area contributed by atoms with Gasteiger partial charge in [0.25, 0.3) is 0 Å². The molecule has 3 N–H and O–H groups in total. The van der Waals surface area contributed by atoms with Crippen LogP contribution in [0, 0.1) is 10.8 Å². The van der Waals surface area contributed by atoms with E-state index in [9.17, 15) is 0 Å². The Morgan fingerprint density at radius 2 is 2.14 bits per heavy atom. The summed E-state index contributed by atoms with van der Waals surface area (Å²) in [6.45, 7) is 9.10. The van der Waals surface area contributed by atoms with E-state index in [4.69, 9.17) is 5.73 Å². The van der Waals surface area contributed by atoms with E-state index in [2.05, 4.69) is 32.2 Å². The maximum atomic E-state index is 6.22. The Kier molecular flexibility index (Phi) is 2.24. The molecule has 2 aliphatic rings. The zero-order valence-electron chi connectivity index (χ0n) is 9.56. The summed E-state index contributed by atoms with van der Waals surface area (Å²) in [6.07, 6.45) is 4.75. The van der Waals surface area contributed by atoms with Crippen LogP contribution in [0.15, 0.2) is 11.6 Å². The molecule has 1 heterocycles.